The standard InChI is InChI=1S/C80H156O17P2/c1-6-9-12-15-18-21-24-26-28-30-32-33-35-37-39-41-44-50-55-60-65-79(84)96-75(69-91-78(83)64-59-54-49-43-40-38-36-34-31-29-27-25-22-19-16-13-10-7-2)71-94-98(86,87)92-67-74(81)68-93-99(88,89)95-72-76(70-90-77(82)63-58-53-48-42-23-20-17-14-11-8-3)97-80(85)66-61-56-51-46-45-47-52-57-62-73(4)5/h73-76,81H,6-72H2,1-5H3,(H,86,87)(H,88,89)/t74-,75-,76-/m1/s1. The van der Waals surface area contributed by atoms with E-state index in [2.05, 4.69) is 34.6 Å². The quantitative estimate of drug-likeness (QED) is 0.0222. The molecule has 17 nitrogen and oxygen atoms in total. The first kappa shape index (κ1) is 97.1. The molecular formula is C80H156O17P2. The lowest BCUT2D eigenvalue weighted by atomic mass is 10.0. The highest BCUT2D eigenvalue weighted by atomic mass is 31.2. The summed E-state index contributed by atoms with van der Waals surface area (Å²) in [5.74, 6) is -1.39. The van der Waals surface area contributed by atoms with Gasteiger partial charge in [0, 0.05) is 25.7 Å². The van der Waals surface area contributed by atoms with Crippen molar-refractivity contribution in [1.29, 1.82) is 0 Å². The van der Waals surface area contributed by atoms with Gasteiger partial charge in [0.15, 0.2) is 12.2 Å². The highest BCUT2D eigenvalue weighted by Crippen LogP contribution is 2.45. The molecule has 588 valence electrons. The molecule has 5 atom stereocenters. The van der Waals surface area contributed by atoms with Crippen LogP contribution in [0.1, 0.15) is 426 Å². The monoisotopic (exact) mass is 1450 g/mol. The Hall–Kier alpha value is -1.94. The fourth-order valence-corrected chi connectivity index (χ4v) is 14.0. The minimum absolute atomic E-state index is 0.105. The number of phosphoric acid groups is 2. The average Bonchev–Trinajstić information content (AvgIpc) is 1.11. The Labute approximate surface area is 607 Å². The normalized spacial score (nSPS) is 13.9. The number of aliphatic hydroxyl groups is 1. The van der Waals surface area contributed by atoms with Gasteiger partial charge in [0.05, 0.1) is 26.4 Å². The van der Waals surface area contributed by atoms with Gasteiger partial charge in [-0.15, -0.1) is 0 Å². The van der Waals surface area contributed by atoms with E-state index in [1.54, 1.807) is 0 Å². The van der Waals surface area contributed by atoms with E-state index in [0.29, 0.717) is 25.7 Å². The van der Waals surface area contributed by atoms with Crippen LogP contribution in [0.4, 0.5) is 0 Å². The number of hydrogen-bond acceptors (Lipinski definition) is 15. The van der Waals surface area contributed by atoms with Gasteiger partial charge in [-0.25, -0.2) is 9.13 Å². The van der Waals surface area contributed by atoms with Crippen molar-refractivity contribution in [3.63, 3.8) is 0 Å². The van der Waals surface area contributed by atoms with Crippen molar-refractivity contribution in [2.75, 3.05) is 39.6 Å². The van der Waals surface area contributed by atoms with Gasteiger partial charge in [0.1, 0.15) is 19.3 Å². The summed E-state index contributed by atoms with van der Waals surface area (Å²) in [5.41, 5.74) is 0. The third kappa shape index (κ3) is 74.1. The zero-order chi connectivity index (χ0) is 72.7. The Morgan fingerprint density at radius 3 is 0.687 bits per heavy atom. The molecule has 0 rings (SSSR count). The molecule has 99 heavy (non-hydrogen) atoms. The Balaban J connectivity index is 5.20. The highest BCUT2D eigenvalue weighted by molar-refractivity contribution is 7.47. The summed E-state index contributed by atoms with van der Waals surface area (Å²) in [4.78, 5) is 72.9. The number of hydrogen-bond donors (Lipinski definition) is 3. The maximum atomic E-state index is 13.1. The molecule has 0 aromatic rings. The van der Waals surface area contributed by atoms with Crippen molar-refractivity contribution >= 4 is 39.5 Å². The van der Waals surface area contributed by atoms with E-state index in [9.17, 15) is 43.2 Å². The molecule has 0 radical (unpaired) electrons. The smallest absolute Gasteiger partial charge is 0.462 e. The fourth-order valence-electron chi connectivity index (χ4n) is 12.4. The zero-order valence-electron chi connectivity index (χ0n) is 64.6. The molecule has 0 aliphatic rings. The second kappa shape index (κ2) is 73.0. The van der Waals surface area contributed by atoms with Gasteiger partial charge in [0.2, 0.25) is 0 Å². The second-order valence-electron chi connectivity index (χ2n) is 29.3. The van der Waals surface area contributed by atoms with Crippen molar-refractivity contribution in [3.8, 4) is 0 Å². The molecular weight excluding hydrogens is 1290 g/mol. The van der Waals surface area contributed by atoms with Gasteiger partial charge in [0.25, 0.3) is 0 Å². The minimum Gasteiger partial charge on any atom is -0.462 e. The average molecular weight is 1450 g/mol. The SMILES string of the molecule is CCCCCCCCCCCCCCCCCCCCCCC(=O)O[C@H](COC(=O)CCCCCCCCCCCCCCCCCCCC)COP(=O)(O)OC[C@@H](O)COP(=O)(O)OC[C@@H](COC(=O)CCCCCCCCCCCC)OC(=O)CCCCCCCCCCC(C)C. The van der Waals surface area contributed by atoms with Gasteiger partial charge in [-0.05, 0) is 31.6 Å². The Morgan fingerprint density at radius 1 is 0.273 bits per heavy atom. The number of aliphatic hydroxyl groups excluding tert-OH is 1. The van der Waals surface area contributed by atoms with Crippen LogP contribution in [0, 0.1) is 5.92 Å². The molecule has 0 fully saturated rings. The van der Waals surface area contributed by atoms with E-state index in [4.69, 9.17) is 37.0 Å². The Bertz CT molecular complexity index is 1890. The topological polar surface area (TPSA) is 237 Å². The number of unbranched alkanes of at least 4 members (excludes halogenated alkanes) is 52. The maximum absolute atomic E-state index is 13.1. The van der Waals surface area contributed by atoms with Gasteiger partial charge >= 0.3 is 39.5 Å². The first-order valence-corrected chi connectivity index (χ1v) is 44.6. The van der Waals surface area contributed by atoms with Crippen LogP contribution in [0.25, 0.3) is 0 Å². The highest BCUT2D eigenvalue weighted by Gasteiger charge is 2.30. The molecule has 0 saturated carbocycles. The van der Waals surface area contributed by atoms with Gasteiger partial charge in [-0.1, -0.05) is 375 Å². The van der Waals surface area contributed by atoms with E-state index in [1.165, 1.54) is 250 Å². The van der Waals surface area contributed by atoms with E-state index < -0.39 is 97.5 Å². The molecule has 3 N–H and O–H groups in total. The van der Waals surface area contributed by atoms with Crippen LogP contribution in [-0.4, -0.2) is 96.7 Å². The summed E-state index contributed by atoms with van der Waals surface area (Å²) in [6, 6.07) is 0. The Kier molecular flexibility index (Phi) is 71.6. The van der Waals surface area contributed by atoms with E-state index in [1.807, 2.05) is 0 Å². The number of carbonyl (C=O) groups is 4. The van der Waals surface area contributed by atoms with Crippen LogP contribution in [0.3, 0.4) is 0 Å². The third-order valence-electron chi connectivity index (χ3n) is 18.8. The van der Waals surface area contributed by atoms with Gasteiger partial charge in [-0.3, -0.25) is 37.3 Å². The number of esters is 4. The molecule has 0 aliphatic heterocycles. The van der Waals surface area contributed by atoms with Crippen molar-refractivity contribution in [1.82, 2.24) is 0 Å². The molecule has 0 aliphatic carbocycles. The number of rotatable bonds is 80. The molecule has 19 heteroatoms. The molecule has 0 bridgehead atoms. The van der Waals surface area contributed by atoms with E-state index >= 15 is 0 Å². The second-order valence-corrected chi connectivity index (χ2v) is 32.2. The van der Waals surface area contributed by atoms with Crippen LogP contribution in [0.15, 0.2) is 0 Å². The molecule has 0 saturated heterocycles. The predicted octanol–water partition coefficient (Wildman–Crippen LogP) is 24.0. The minimum atomic E-state index is -4.96. The molecule has 0 aromatic heterocycles. The summed E-state index contributed by atoms with van der Waals surface area (Å²) in [5, 5.41) is 10.6. The number of ether oxygens (including phenoxy) is 4. The molecule has 2 unspecified atom stereocenters. The van der Waals surface area contributed by atoms with Crippen LogP contribution in [-0.2, 0) is 65.4 Å². The lowest BCUT2D eigenvalue weighted by molar-refractivity contribution is -0.161. The van der Waals surface area contributed by atoms with Crippen LogP contribution < -0.4 is 0 Å². The van der Waals surface area contributed by atoms with Crippen LogP contribution >= 0.6 is 15.6 Å². The largest absolute Gasteiger partial charge is 0.472 e. The van der Waals surface area contributed by atoms with Crippen molar-refractivity contribution in [3.05, 3.63) is 0 Å². The molecule has 0 heterocycles. The third-order valence-corrected chi connectivity index (χ3v) is 20.7. The maximum Gasteiger partial charge on any atom is 0.472 e. The summed E-state index contributed by atoms with van der Waals surface area (Å²) in [7, 11) is -9.91. The number of carbonyl (C=O) groups excluding carboxylic acids is 4. The number of phosphoric ester groups is 2. The zero-order valence-corrected chi connectivity index (χ0v) is 66.4. The first-order chi connectivity index (χ1) is 48.0. The van der Waals surface area contributed by atoms with Gasteiger partial charge < -0.3 is 33.8 Å². The summed E-state index contributed by atoms with van der Waals surface area (Å²) in [6.45, 7) is 7.27. The van der Waals surface area contributed by atoms with Crippen molar-refractivity contribution in [2.24, 2.45) is 5.92 Å². The lowest BCUT2D eigenvalue weighted by Gasteiger charge is -2.21. The molecule has 0 aromatic carbocycles. The first-order valence-electron chi connectivity index (χ1n) is 41.6. The fraction of sp³-hybridized carbons (Fsp3) is 0.950. The Morgan fingerprint density at radius 2 is 0.465 bits per heavy atom. The molecule has 0 amide bonds. The van der Waals surface area contributed by atoms with Crippen LogP contribution in [0.2, 0.25) is 0 Å². The predicted molar refractivity (Wildman–Crippen MR) is 405 cm³/mol. The van der Waals surface area contributed by atoms with Crippen molar-refractivity contribution < 1.29 is 80.2 Å². The van der Waals surface area contributed by atoms with Crippen LogP contribution in [0.5, 0.6) is 0 Å². The summed E-state index contributed by atoms with van der Waals surface area (Å²) < 4.78 is 68.6. The van der Waals surface area contributed by atoms with Crippen molar-refractivity contribution in [2.45, 2.75) is 445 Å². The van der Waals surface area contributed by atoms with E-state index in [0.717, 1.165) is 95.8 Å². The summed E-state index contributed by atoms with van der Waals surface area (Å²) >= 11 is 0. The lowest BCUT2D eigenvalue weighted by Crippen LogP contribution is -2.30. The van der Waals surface area contributed by atoms with E-state index in [-0.39, 0.29) is 25.7 Å². The molecule has 0 spiro atoms. The van der Waals surface area contributed by atoms with Gasteiger partial charge in [-0.2, -0.15) is 0 Å². The summed E-state index contributed by atoms with van der Waals surface area (Å²) in [6.07, 6.45) is 64.0.